The first-order valence-electron chi connectivity index (χ1n) is 5.56. The number of pyridine rings is 1. The van der Waals surface area contributed by atoms with Crippen molar-refractivity contribution in [2.24, 2.45) is 0 Å². The second kappa shape index (κ2) is 5.79. The predicted octanol–water partition coefficient (Wildman–Crippen LogP) is 3.64. The molecule has 2 rings (SSSR count). The van der Waals surface area contributed by atoms with Crippen molar-refractivity contribution in [2.75, 3.05) is 0 Å². The fourth-order valence-corrected chi connectivity index (χ4v) is 1.88. The van der Waals surface area contributed by atoms with Gasteiger partial charge in [-0.3, -0.25) is 10.1 Å². The van der Waals surface area contributed by atoms with Gasteiger partial charge in [0.05, 0.1) is 4.92 Å². The maximum atomic E-state index is 11.1. The van der Waals surface area contributed by atoms with Crippen LogP contribution in [-0.4, -0.2) is 9.91 Å². The van der Waals surface area contributed by atoms with Crippen LogP contribution in [0.3, 0.4) is 0 Å². The third-order valence-electron chi connectivity index (χ3n) is 2.61. The highest BCUT2D eigenvalue weighted by molar-refractivity contribution is 9.10. The third-order valence-corrected chi connectivity index (χ3v) is 3.41. The summed E-state index contributed by atoms with van der Waals surface area (Å²) in [4.78, 5) is 14.6. The zero-order valence-electron chi connectivity index (χ0n) is 10.2. The van der Waals surface area contributed by atoms with E-state index in [9.17, 15) is 10.1 Å². The van der Waals surface area contributed by atoms with Crippen molar-refractivity contribution in [3.63, 3.8) is 0 Å². The maximum Gasteiger partial charge on any atom is 0.334 e. The quantitative estimate of drug-likeness (QED) is 0.636. The summed E-state index contributed by atoms with van der Waals surface area (Å²) >= 11 is 3.22. The molecule has 1 aromatic carbocycles. The molecule has 1 aromatic heterocycles. The topological polar surface area (TPSA) is 65.3 Å². The number of nitrogens with zero attached hydrogens (tertiary/aromatic N) is 2. The van der Waals surface area contributed by atoms with Crippen LogP contribution in [0.15, 0.2) is 41.0 Å². The van der Waals surface area contributed by atoms with Gasteiger partial charge in [-0.2, -0.15) is 0 Å². The number of halogens is 1. The Morgan fingerprint density at radius 2 is 2.05 bits per heavy atom. The molecule has 0 aliphatic heterocycles. The predicted molar refractivity (Wildman–Crippen MR) is 74.1 cm³/mol. The van der Waals surface area contributed by atoms with Crippen molar-refractivity contribution >= 4 is 21.6 Å². The van der Waals surface area contributed by atoms with Crippen molar-refractivity contribution in [3.05, 3.63) is 62.2 Å². The summed E-state index contributed by atoms with van der Waals surface area (Å²) in [6.45, 7) is 1.90. The number of aromatic nitrogens is 1. The Balaban J connectivity index is 2.26. The van der Waals surface area contributed by atoms with E-state index in [1.807, 2.05) is 30.3 Å². The van der Waals surface area contributed by atoms with Gasteiger partial charge in [0, 0.05) is 16.2 Å². The minimum atomic E-state index is -0.479. The van der Waals surface area contributed by atoms with Crippen LogP contribution in [0.1, 0.15) is 11.1 Å². The van der Waals surface area contributed by atoms with Gasteiger partial charge in [-0.05, 0) is 28.4 Å². The van der Waals surface area contributed by atoms with Gasteiger partial charge in [-0.25, -0.2) is 4.98 Å². The zero-order valence-corrected chi connectivity index (χ0v) is 11.8. The van der Waals surface area contributed by atoms with Crippen LogP contribution in [0.25, 0.3) is 0 Å². The summed E-state index contributed by atoms with van der Waals surface area (Å²) in [5.74, 6) is 0.0366. The molecule has 0 atom stereocenters. The van der Waals surface area contributed by atoms with E-state index < -0.39 is 4.92 Å². The number of rotatable bonds is 4. The van der Waals surface area contributed by atoms with Crippen LogP contribution in [0.5, 0.6) is 5.88 Å². The van der Waals surface area contributed by atoms with Gasteiger partial charge >= 0.3 is 5.69 Å². The highest BCUT2D eigenvalue weighted by atomic mass is 79.9. The van der Waals surface area contributed by atoms with Gasteiger partial charge in [-0.15, -0.1) is 0 Å². The highest BCUT2D eigenvalue weighted by Crippen LogP contribution is 2.33. The Kier molecular flexibility index (Phi) is 4.11. The monoisotopic (exact) mass is 322 g/mol. The molecule has 19 heavy (non-hydrogen) atoms. The Morgan fingerprint density at radius 1 is 1.37 bits per heavy atom. The molecule has 5 nitrogen and oxygen atoms in total. The van der Waals surface area contributed by atoms with Crippen molar-refractivity contribution in [1.82, 2.24) is 4.98 Å². The van der Waals surface area contributed by atoms with Gasteiger partial charge in [0.15, 0.2) is 0 Å². The minimum Gasteiger partial charge on any atom is -0.468 e. The molecule has 0 unspecified atom stereocenters. The van der Waals surface area contributed by atoms with Crippen molar-refractivity contribution < 1.29 is 9.66 Å². The summed E-state index contributed by atoms with van der Waals surface area (Å²) in [5, 5.41) is 11.1. The molecule has 0 N–H and O–H groups in total. The Labute approximate surface area is 118 Å². The average molecular weight is 323 g/mol. The number of nitro groups is 1. The molecular formula is C13H11BrN2O3. The van der Waals surface area contributed by atoms with Crippen LogP contribution in [0, 0.1) is 17.0 Å². The molecule has 0 aliphatic rings. The summed E-state index contributed by atoms with van der Waals surface area (Å²) in [5.41, 5.74) is 1.33. The van der Waals surface area contributed by atoms with Crippen LogP contribution >= 0.6 is 15.9 Å². The first-order chi connectivity index (χ1) is 9.09. The molecule has 0 aliphatic carbocycles. The SMILES string of the molecule is Cc1c(Br)cnc(OCc2ccccc2)c1[N+](=O)[O-]. The van der Waals surface area contributed by atoms with Crippen molar-refractivity contribution in [3.8, 4) is 5.88 Å². The van der Waals surface area contributed by atoms with Gasteiger partial charge in [-0.1, -0.05) is 30.3 Å². The standard InChI is InChI=1S/C13H11BrN2O3/c1-9-11(14)7-15-13(12(9)16(17)18)19-8-10-5-3-2-4-6-10/h2-7H,8H2,1H3. The molecule has 98 valence electrons. The molecule has 0 saturated heterocycles. The molecule has 0 spiro atoms. The van der Waals surface area contributed by atoms with E-state index in [2.05, 4.69) is 20.9 Å². The van der Waals surface area contributed by atoms with E-state index in [4.69, 9.17) is 4.74 Å². The largest absolute Gasteiger partial charge is 0.468 e. The fourth-order valence-electron chi connectivity index (χ4n) is 1.59. The first kappa shape index (κ1) is 13.5. The molecular weight excluding hydrogens is 312 g/mol. The molecule has 0 radical (unpaired) electrons. The Hall–Kier alpha value is -1.95. The van der Waals surface area contributed by atoms with E-state index in [0.29, 0.717) is 10.0 Å². The Morgan fingerprint density at radius 3 is 2.68 bits per heavy atom. The average Bonchev–Trinajstić information content (AvgIpc) is 2.41. The lowest BCUT2D eigenvalue weighted by atomic mass is 10.2. The molecule has 0 saturated carbocycles. The smallest absolute Gasteiger partial charge is 0.334 e. The summed E-state index contributed by atoms with van der Waals surface area (Å²) in [7, 11) is 0. The number of ether oxygens (including phenoxy) is 1. The van der Waals surface area contributed by atoms with Crippen LogP contribution in [-0.2, 0) is 6.61 Å². The summed E-state index contributed by atoms with van der Waals surface area (Å²) < 4.78 is 6.04. The van der Waals surface area contributed by atoms with Gasteiger partial charge in [0.1, 0.15) is 6.61 Å². The number of hydrogen-bond donors (Lipinski definition) is 0. The van der Waals surface area contributed by atoms with E-state index in [0.717, 1.165) is 5.56 Å². The molecule has 1 heterocycles. The molecule has 0 amide bonds. The lowest BCUT2D eigenvalue weighted by molar-refractivity contribution is -0.386. The first-order valence-corrected chi connectivity index (χ1v) is 6.35. The minimum absolute atomic E-state index is 0.0366. The second-order valence-corrected chi connectivity index (χ2v) is 4.77. The number of benzene rings is 1. The normalized spacial score (nSPS) is 10.2. The van der Waals surface area contributed by atoms with Crippen molar-refractivity contribution in [1.29, 1.82) is 0 Å². The summed E-state index contributed by atoms with van der Waals surface area (Å²) in [6.07, 6.45) is 1.50. The lowest BCUT2D eigenvalue weighted by Crippen LogP contribution is -2.03. The van der Waals surface area contributed by atoms with E-state index in [-0.39, 0.29) is 18.2 Å². The molecule has 2 aromatic rings. The summed E-state index contributed by atoms with van der Waals surface area (Å²) in [6, 6.07) is 9.43. The van der Waals surface area contributed by atoms with Crippen LogP contribution in [0.2, 0.25) is 0 Å². The molecule has 6 heteroatoms. The molecule has 0 bridgehead atoms. The third kappa shape index (κ3) is 3.08. The van der Waals surface area contributed by atoms with E-state index in [1.165, 1.54) is 6.20 Å². The number of hydrogen-bond acceptors (Lipinski definition) is 4. The lowest BCUT2D eigenvalue weighted by Gasteiger charge is -2.08. The van der Waals surface area contributed by atoms with E-state index in [1.54, 1.807) is 6.92 Å². The fraction of sp³-hybridized carbons (Fsp3) is 0.154. The van der Waals surface area contributed by atoms with E-state index >= 15 is 0 Å². The second-order valence-electron chi connectivity index (χ2n) is 3.92. The van der Waals surface area contributed by atoms with Gasteiger partial charge in [0.2, 0.25) is 0 Å². The molecule has 0 fully saturated rings. The van der Waals surface area contributed by atoms with Gasteiger partial charge in [0.25, 0.3) is 5.88 Å². The highest BCUT2D eigenvalue weighted by Gasteiger charge is 2.22. The van der Waals surface area contributed by atoms with Crippen LogP contribution in [0.4, 0.5) is 5.69 Å². The van der Waals surface area contributed by atoms with Crippen molar-refractivity contribution in [2.45, 2.75) is 13.5 Å². The Bertz CT molecular complexity index is 602. The maximum absolute atomic E-state index is 11.1. The zero-order chi connectivity index (χ0) is 13.8. The van der Waals surface area contributed by atoms with Gasteiger partial charge < -0.3 is 4.74 Å². The van der Waals surface area contributed by atoms with Crippen LogP contribution < -0.4 is 4.74 Å².